The molecule has 6 nitrogen and oxygen atoms in total. The van der Waals surface area contributed by atoms with Crippen molar-refractivity contribution in [2.24, 2.45) is 0 Å². The van der Waals surface area contributed by atoms with Gasteiger partial charge in [0.25, 0.3) is 5.91 Å². The summed E-state index contributed by atoms with van der Waals surface area (Å²) in [5, 5.41) is 6.11. The van der Waals surface area contributed by atoms with E-state index in [4.69, 9.17) is 4.74 Å². The van der Waals surface area contributed by atoms with Crippen LogP contribution in [0.2, 0.25) is 0 Å². The van der Waals surface area contributed by atoms with E-state index in [-0.39, 0.29) is 11.4 Å². The molecule has 0 saturated carbocycles. The van der Waals surface area contributed by atoms with Crippen LogP contribution in [-0.2, 0) is 0 Å². The van der Waals surface area contributed by atoms with Crippen molar-refractivity contribution < 1.29 is 9.53 Å². The lowest BCUT2D eigenvalue weighted by atomic mass is 10.1. The van der Waals surface area contributed by atoms with Crippen molar-refractivity contribution in [3.8, 4) is 5.75 Å². The van der Waals surface area contributed by atoms with Crippen molar-refractivity contribution >= 4 is 17.4 Å². The Morgan fingerprint density at radius 1 is 1.12 bits per heavy atom. The summed E-state index contributed by atoms with van der Waals surface area (Å²) in [4.78, 5) is 21.1. The van der Waals surface area contributed by atoms with Gasteiger partial charge in [0.2, 0.25) is 0 Å². The lowest BCUT2D eigenvalue weighted by molar-refractivity contribution is 0.102. The second kappa shape index (κ2) is 6.86. The molecular weight excluding hydrogens is 304 g/mol. The molecule has 24 heavy (non-hydrogen) atoms. The normalized spacial score (nSPS) is 11.1. The molecule has 2 rings (SSSR count). The Bertz CT molecular complexity index is 751. The first-order valence-corrected chi connectivity index (χ1v) is 7.78. The molecule has 128 valence electrons. The summed E-state index contributed by atoms with van der Waals surface area (Å²) in [6.45, 7) is 9.80. The van der Waals surface area contributed by atoms with Gasteiger partial charge >= 0.3 is 0 Å². The van der Waals surface area contributed by atoms with E-state index in [0.29, 0.717) is 28.8 Å². The highest BCUT2D eigenvalue weighted by atomic mass is 16.5. The van der Waals surface area contributed by atoms with Crippen LogP contribution >= 0.6 is 0 Å². The molecule has 0 bridgehead atoms. The van der Waals surface area contributed by atoms with Crippen LogP contribution in [0.1, 0.15) is 42.6 Å². The molecule has 1 aromatic carbocycles. The molecule has 1 aromatic heterocycles. The van der Waals surface area contributed by atoms with E-state index in [1.165, 1.54) is 0 Å². The second-order valence-electron chi connectivity index (χ2n) is 6.72. The fraction of sp³-hybridized carbons (Fsp3) is 0.389. The summed E-state index contributed by atoms with van der Waals surface area (Å²) in [6, 6.07) is 7.26. The van der Waals surface area contributed by atoms with Crippen LogP contribution in [0.3, 0.4) is 0 Å². The number of carbonyl (C=O) groups is 1. The summed E-state index contributed by atoms with van der Waals surface area (Å²) < 4.78 is 5.29. The van der Waals surface area contributed by atoms with Gasteiger partial charge in [0, 0.05) is 11.6 Å². The van der Waals surface area contributed by atoms with Gasteiger partial charge in [-0.15, -0.1) is 0 Å². The number of rotatable bonds is 4. The van der Waals surface area contributed by atoms with E-state index >= 15 is 0 Å². The highest BCUT2D eigenvalue weighted by Crippen LogP contribution is 2.25. The number of benzene rings is 1. The number of methoxy groups -OCH3 is 1. The minimum absolute atomic E-state index is 0.158. The Morgan fingerprint density at radius 3 is 2.46 bits per heavy atom. The van der Waals surface area contributed by atoms with Gasteiger partial charge < -0.3 is 15.4 Å². The van der Waals surface area contributed by atoms with Crippen LogP contribution in [0.15, 0.2) is 24.3 Å². The Kier molecular flexibility index (Phi) is 5.07. The minimum Gasteiger partial charge on any atom is -0.495 e. The third-order valence-electron chi connectivity index (χ3n) is 3.18. The largest absolute Gasteiger partial charge is 0.495 e. The van der Waals surface area contributed by atoms with Gasteiger partial charge in [-0.3, -0.25) is 4.79 Å². The number of nitrogens with zero attached hydrogens (tertiary/aromatic N) is 2. The maximum atomic E-state index is 12.6. The van der Waals surface area contributed by atoms with Crippen LogP contribution in [0.4, 0.5) is 11.5 Å². The summed E-state index contributed by atoms with van der Waals surface area (Å²) >= 11 is 0. The average Bonchev–Trinajstić information content (AvgIpc) is 2.45. The first-order chi connectivity index (χ1) is 11.2. The summed E-state index contributed by atoms with van der Waals surface area (Å²) in [6.07, 6.45) is 0. The van der Waals surface area contributed by atoms with Crippen molar-refractivity contribution in [1.82, 2.24) is 9.97 Å². The number of aromatic nitrogens is 2. The fourth-order valence-electron chi connectivity index (χ4n) is 2.24. The number of nitrogens with one attached hydrogen (secondary N) is 2. The second-order valence-corrected chi connectivity index (χ2v) is 6.72. The summed E-state index contributed by atoms with van der Waals surface area (Å²) in [7, 11) is 1.57. The molecule has 0 unspecified atom stereocenters. The molecule has 1 amide bonds. The quantitative estimate of drug-likeness (QED) is 0.897. The lowest BCUT2D eigenvalue weighted by Crippen LogP contribution is -2.27. The molecule has 0 radical (unpaired) electrons. The van der Waals surface area contributed by atoms with Gasteiger partial charge in [-0.1, -0.05) is 6.07 Å². The van der Waals surface area contributed by atoms with E-state index in [9.17, 15) is 4.79 Å². The Morgan fingerprint density at radius 2 is 1.83 bits per heavy atom. The maximum absolute atomic E-state index is 12.6. The Balaban J connectivity index is 2.29. The third-order valence-corrected chi connectivity index (χ3v) is 3.18. The smallest absolute Gasteiger partial charge is 0.274 e. The number of hydrogen-bond donors (Lipinski definition) is 2. The van der Waals surface area contributed by atoms with E-state index in [0.717, 1.165) is 5.56 Å². The zero-order valence-electron chi connectivity index (χ0n) is 15.0. The number of ether oxygens (including phenoxy) is 1. The van der Waals surface area contributed by atoms with E-state index < -0.39 is 0 Å². The van der Waals surface area contributed by atoms with Gasteiger partial charge in [0.15, 0.2) is 0 Å². The lowest BCUT2D eigenvalue weighted by Gasteiger charge is -2.21. The zero-order chi connectivity index (χ0) is 17.9. The molecule has 0 aliphatic rings. The predicted octanol–water partition coefficient (Wildman–Crippen LogP) is 3.56. The van der Waals surface area contributed by atoms with Gasteiger partial charge in [-0.2, -0.15) is 0 Å². The zero-order valence-corrected chi connectivity index (χ0v) is 15.0. The topological polar surface area (TPSA) is 76.1 Å². The average molecular weight is 328 g/mol. The molecule has 2 aromatic rings. The molecule has 0 saturated heterocycles. The first-order valence-electron chi connectivity index (χ1n) is 7.78. The molecule has 0 aliphatic heterocycles. The van der Waals surface area contributed by atoms with Crippen LogP contribution < -0.4 is 15.4 Å². The molecule has 6 heteroatoms. The van der Waals surface area contributed by atoms with Crippen LogP contribution in [0, 0.1) is 13.8 Å². The number of anilines is 2. The van der Waals surface area contributed by atoms with Gasteiger partial charge in [0.05, 0.1) is 12.8 Å². The molecule has 0 fully saturated rings. The van der Waals surface area contributed by atoms with Crippen LogP contribution in [0.25, 0.3) is 0 Å². The van der Waals surface area contributed by atoms with E-state index in [1.807, 2.05) is 45.9 Å². The SMILES string of the molecule is COc1ccc(C)cc1NC(=O)c1cc(NC(C)(C)C)nc(C)n1. The number of hydrogen-bond acceptors (Lipinski definition) is 5. The van der Waals surface area contributed by atoms with Gasteiger partial charge in [-0.25, -0.2) is 9.97 Å². The van der Waals surface area contributed by atoms with Crippen molar-refractivity contribution in [3.05, 3.63) is 41.3 Å². The third kappa shape index (κ3) is 4.68. The van der Waals surface area contributed by atoms with E-state index in [2.05, 4.69) is 20.6 Å². The fourth-order valence-corrected chi connectivity index (χ4v) is 2.24. The van der Waals surface area contributed by atoms with Gasteiger partial charge in [0.1, 0.15) is 23.1 Å². The highest BCUT2D eigenvalue weighted by molar-refractivity contribution is 6.04. The molecule has 0 spiro atoms. The molecule has 1 heterocycles. The first kappa shape index (κ1) is 17.7. The van der Waals surface area contributed by atoms with Crippen molar-refractivity contribution in [3.63, 3.8) is 0 Å². The van der Waals surface area contributed by atoms with Crippen molar-refractivity contribution in [1.29, 1.82) is 0 Å². The number of carbonyl (C=O) groups excluding carboxylic acids is 1. The van der Waals surface area contributed by atoms with Crippen molar-refractivity contribution in [2.75, 3.05) is 17.7 Å². The van der Waals surface area contributed by atoms with Crippen LogP contribution in [-0.4, -0.2) is 28.5 Å². The molecule has 2 N–H and O–H groups in total. The number of amides is 1. The van der Waals surface area contributed by atoms with E-state index in [1.54, 1.807) is 20.1 Å². The Hall–Kier alpha value is -2.63. The van der Waals surface area contributed by atoms with Crippen molar-refractivity contribution in [2.45, 2.75) is 40.2 Å². The molecule has 0 aliphatic carbocycles. The minimum atomic E-state index is -0.304. The Labute approximate surface area is 142 Å². The van der Waals surface area contributed by atoms with Gasteiger partial charge in [-0.05, 0) is 52.3 Å². The van der Waals surface area contributed by atoms with Crippen LogP contribution in [0.5, 0.6) is 5.75 Å². The monoisotopic (exact) mass is 328 g/mol. The highest BCUT2D eigenvalue weighted by Gasteiger charge is 2.16. The molecule has 0 atom stereocenters. The predicted molar refractivity (Wildman–Crippen MR) is 95.8 cm³/mol. The number of aryl methyl sites for hydroxylation is 2. The standard InChI is InChI=1S/C18H24N4O2/c1-11-7-8-15(24-6)13(9-11)21-17(23)14-10-16(20-12(2)19-14)22-18(3,4)5/h7-10H,1-6H3,(H,21,23)(H,19,20,22). The molecular formula is C18H24N4O2. The maximum Gasteiger partial charge on any atom is 0.274 e. The summed E-state index contributed by atoms with van der Waals surface area (Å²) in [5.41, 5.74) is 1.79. The summed E-state index contributed by atoms with van der Waals surface area (Å²) in [5.74, 6) is 1.45.